The smallest absolute Gasteiger partial charge is 0.345 e. The van der Waals surface area contributed by atoms with E-state index < -0.39 is 10.9 Å². The Bertz CT molecular complexity index is 426. The Morgan fingerprint density at radius 2 is 2.06 bits per heavy atom. The van der Waals surface area contributed by atoms with Crippen molar-refractivity contribution in [3.05, 3.63) is 39.4 Å². The molecule has 0 spiro atoms. The van der Waals surface area contributed by atoms with Crippen LogP contribution in [0.4, 0.5) is 5.69 Å². The molecule has 0 fully saturated rings. The van der Waals surface area contributed by atoms with Crippen molar-refractivity contribution in [1.82, 2.24) is 0 Å². The number of nitrogens with zero attached hydrogens (tertiary/aromatic N) is 1. The average molecular weight is 223 g/mol. The van der Waals surface area contributed by atoms with Gasteiger partial charge in [-0.05, 0) is 26.8 Å². The lowest BCUT2D eigenvalue weighted by molar-refractivity contribution is -0.385. The minimum atomic E-state index is -0.662. The predicted molar refractivity (Wildman–Crippen MR) is 58.4 cm³/mol. The lowest BCUT2D eigenvalue weighted by atomic mass is 10.1. The number of nitro groups is 1. The highest BCUT2D eigenvalue weighted by atomic mass is 16.6. The third-order valence-corrected chi connectivity index (χ3v) is 1.98. The molecule has 0 N–H and O–H groups in total. The Morgan fingerprint density at radius 1 is 1.44 bits per heavy atom. The summed E-state index contributed by atoms with van der Waals surface area (Å²) in [4.78, 5) is 21.9. The maximum absolute atomic E-state index is 11.6. The summed E-state index contributed by atoms with van der Waals surface area (Å²) in [6.07, 6.45) is -0.299. The Kier molecular flexibility index (Phi) is 3.60. The molecule has 5 nitrogen and oxygen atoms in total. The van der Waals surface area contributed by atoms with Crippen LogP contribution in [0.15, 0.2) is 18.2 Å². The van der Waals surface area contributed by atoms with Gasteiger partial charge in [0.1, 0.15) is 5.56 Å². The molecule has 0 bridgehead atoms. The molecular formula is C11H13NO4. The summed E-state index contributed by atoms with van der Waals surface area (Å²) >= 11 is 0. The van der Waals surface area contributed by atoms with E-state index in [4.69, 9.17) is 4.74 Å². The Labute approximate surface area is 93.2 Å². The van der Waals surface area contributed by atoms with Crippen LogP contribution in [-0.2, 0) is 4.74 Å². The summed E-state index contributed by atoms with van der Waals surface area (Å²) in [6, 6.07) is 4.58. The first-order valence-corrected chi connectivity index (χ1v) is 4.88. The van der Waals surface area contributed by atoms with E-state index >= 15 is 0 Å². The summed E-state index contributed by atoms with van der Waals surface area (Å²) in [7, 11) is 0. The first-order valence-electron chi connectivity index (χ1n) is 4.88. The Balaban J connectivity index is 3.18. The van der Waals surface area contributed by atoms with Crippen molar-refractivity contribution in [2.75, 3.05) is 0 Å². The van der Waals surface area contributed by atoms with Gasteiger partial charge in [-0.1, -0.05) is 12.1 Å². The topological polar surface area (TPSA) is 69.4 Å². The maximum Gasteiger partial charge on any atom is 0.345 e. The van der Waals surface area contributed by atoms with E-state index in [1.54, 1.807) is 32.9 Å². The van der Waals surface area contributed by atoms with E-state index in [9.17, 15) is 14.9 Å². The summed E-state index contributed by atoms with van der Waals surface area (Å²) in [6.45, 7) is 4.98. The zero-order valence-electron chi connectivity index (χ0n) is 9.39. The first kappa shape index (κ1) is 12.2. The zero-order valence-corrected chi connectivity index (χ0v) is 9.39. The van der Waals surface area contributed by atoms with Crippen LogP contribution < -0.4 is 0 Å². The molecule has 0 saturated carbocycles. The number of rotatable bonds is 3. The second kappa shape index (κ2) is 4.74. The summed E-state index contributed by atoms with van der Waals surface area (Å²) in [5, 5.41) is 10.8. The van der Waals surface area contributed by atoms with Crippen molar-refractivity contribution in [2.24, 2.45) is 0 Å². The molecule has 0 aliphatic heterocycles. The van der Waals surface area contributed by atoms with Crippen molar-refractivity contribution < 1.29 is 14.5 Å². The number of carbonyl (C=O) groups excluding carboxylic acids is 1. The lowest BCUT2D eigenvalue weighted by Crippen LogP contribution is -2.13. The molecule has 0 saturated heterocycles. The van der Waals surface area contributed by atoms with Crippen LogP contribution in [0.25, 0.3) is 0 Å². The van der Waals surface area contributed by atoms with E-state index in [2.05, 4.69) is 0 Å². The number of hydrogen-bond acceptors (Lipinski definition) is 4. The standard InChI is InChI=1S/C11H13NO4/c1-7(2)16-11(13)9-6-4-5-8(3)10(9)12(14)15/h4-7H,1-3H3. The number of esters is 1. The van der Waals surface area contributed by atoms with Crippen LogP contribution in [-0.4, -0.2) is 17.0 Å². The average Bonchev–Trinajstić information content (AvgIpc) is 2.15. The van der Waals surface area contributed by atoms with Crippen LogP contribution >= 0.6 is 0 Å². The first-order chi connectivity index (χ1) is 7.43. The van der Waals surface area contributed by atoms with Gasteiger partial charge in [0.05, 0.1) is 11.0 Å². The number of para-hydroxylation sites is 1. The molecule has 1 aromatic carbocycles. The van der Waals surface area contributed by atoms with Gasteiger partial charge in [-0.25, -0.2) is 4.79 Å². The molecule has 5 heteroatoms. The predicted octanol–water partition coefficient (Wildman–Crippen LogP) is 2.47. The quantitative estimate of drug-likeness (QED) is 0.448. The second-order valence-electron chi connectivity index (χ2n) is 3.68. The molecule has 0 unspecified atom stereocenters. The molecular weight excluding hydrogens is 210 g/mol. The van der Waals surface area contributed by atoms with E-state index in [0.717, 1.165) is 0 Å². The molecule has 0 radical (unpaired) electrons. The van der Waals surface area contributed by atoms with E-state index in [-0.39, 0.29) is 17.4 Å². The van der Waals surface area contributed by atoms with Gasteiger partial charge in [0, 0.05) is 5.56 Å². The van der Waals surface area contributed by atoms with Crippen molar-refractivity contribution in [2.45, 2.75) is 26.9 Å². The normalized spacial score (nSPS) is 10.2. The van der Waals surface area contributed by atoms with Crippen molar-refractivity contribution in [1.29, 1.82) is 0 Å². The Hall–Kier alpha value is -1.91. The van der Waals surface area contributed by atoms with Gasteiger partial charge in [-0.15, -0.1) is 0 Å². The fourth-order valence-corrected chi connectivity index (χ4v) is 1.34. The molecule has 0 aliphatic carbocycles. The maximum atomic E-state index is 11.6. The van der Waals surface area contributed by atoms with Gasteiger partial charge in [-0.3, -0.25) is 10.1 Å². The van der Waals surface area contributed by atoms with E-state index in [1.807, 2.05) is 0 Å². The molecule has 0 atom stereocenters. The van der Waals surface area contributed by atoms with Crippen molar-refractivity contribution in [3.63, 3.8) is 0 Å². The van der Waals surface area contributed by atoms with Gasteiger partial charge >= 0.3 is 5.97 Å². The van der Waals surface area contributed by atoms with Crippen molar-refractivity contribution in [3.8, 4) is 0 Å². The zero-order chi connectivity index (χ0) is 12.3. The summed E-state index contributed by atoms with van der Waals surface area (Å²) in [5.74, 6) is -0.662. The third-order valence-electron chi connectivity index (χ3n) is 1.98. The van der Waals surface area contributed by atoms with Crippen LogP contribution in [0.1, 0.15) is 29.8 Å². The second-order valence-corrected chi connectivity index (χ2v) is 3.68. The van der Waals surface area contributed by atoms with Gasteiger partial charge in [-0.2, -0.15) is 0 Å². The minimum absolute atomic E-state index is 0.00120. The molecule has 86 valence electrons. The highest BCUT2D eigenvalue weighted by molar-refractivity contribution is 5.94. The van der Waals surface area contributed by atoms with Gasteiger partial charge in [0.15, 0.2) is 0 Å². The number of aryl methyl sites for hydroxylation is 1. The summed E-state index contributed by atoms with van der Waals surface area (Å²) in [5.41, 5.74) is 0.259. The SMILES string of the molecule is Cc1cccc(C(=O)OC(C)C)c1[N+](=O)[O-]. The number of carbonyl (C=O) groups is 1. The highest BCUT2D eigenvalue weighted by Crippen LogP contribution is 2.23. The summed E-state index contributed by atoms with van der Waals surface area (Å²) < 4.78 is 4.94. The fourth-order valence-electron chi connectivity index (χ4n) is 1.34. The molecule has 16 heavy (non-hydrogen) atoms. The molecule has 1 aromatic rings. The van der Waals surface area contributed by atoms with Gasteiger partial charge in [0.25, 0.3) is 5.69 Å². The van der Waals surface area contributed by atoms with Crippen LogP contribution in [0, 0.1) is 17.0 Å². The van der Waals surface area contributed by atoms with Crippen LogP contribution in [0.2, 0.25) is 0 Å². The Morgan fingerprint density at radius 3 is 2.56 bits per heavy atom. The highest BCUT2D eigenvalue weighted by Gasteiger charge is 2.23. The molecule has 0 aromatic heterocycles. The molecule has 0 amide bonds. The largest absolute Gasteiger partial charge is 0.459 e. The lowest BCUT2D eigenvalue weighted by Gasteiger charge is -2.08. The number of benzene rings is 1. The monoisotopic (exact) mass is 223 g/mol. The van der Waals surface area contributed by atoms with E-state index in [1.165, 1.54) is 6.07 Å². The molecule has 0 heterocycles. The number of hydrogen-bond donors (Lipinski definition) is 0. The van der Waals surface area contributed by atoms with Crippen LogP contribution in [0.5, 0.6) is 0 Å². The number of ether oxygens (including phenoxy) is 1. The van der Waals surface area contributed by atoms with E-state index in [0.29, 0.717) is 5.56 Å². The number of nitro benzene ring substituents is 1. The van der Waals surface area contributed by atoms with Crippen molar-refractivity contribution >= 4 is 11.7 Å². The van der Waals surface area contributed by atoms with Gasteiger partial charge < -0.3 is 4.74 Å². The minimum Gasteiger partial charge on any atom is -0.459 e. The third kappa shape index (κ3) is 2.56. The molecule has 1 rings (SSSR count). The van der Waals surface area contributed by atoms with Gasteiger partial charge in [0.2, 0.25) is 0 Å². The fraction of sp³-hybridized carbons (Fsp3) is 0.364. The molecule has 0 aliphatic rings. The van der Waals surface area contributed by atoms with Crippen LogP contribution in [0.3, 0.4) is 0 Å².